The molecule has 0 bridgehead atoms. The Balaban J connectivity index is 2.47. The van der Waals surface area contributed by atoms with Crippen LogP contribution >= 0.6 is 0 Å². The third kappa shape index (κ3) is 4.08. The van der Waals surface area contributed by atoms with Crippen molar-refractivity contribution >= 4 is 7.32 Å². The van der Waals surface area contributed by atoms with E-state index in [0.717, 1.165) is 6.42 Å². The van der Waals surface area contributed by atoms with Crippen LogP contribution < -0.4 is 11.5 Å². The Morgan fingerprint density at radius 2 is 2.07 bits per heavy atom. The Bertz CT molecular complexity index is 200. The topological polar surface area (TPSA) is 79.7 Å². The largest absolute Gasteiger partial charge is 0.640 e. The summed E-state index contributed by atoms with van der Waals surface area (Å²) < 4.78 is 16.6. The Morgan fingerprint density at radius 1 is 1.47 bits per heavy atom. The van der Waals surface area contributed by atoms with E-state index in [4.69, 9.17) is 25.4 Å². The van der Waals surface area contributed by atoms with E-state index in [1.807, 2.05) is 20.8 Å². The highest BCUT2D eigenvalue weighted by atomic mass is 16.8. The van der Waals surface area contributed by atoms with Gasteiger partial charge in [0.15, 0.2) is 0 Å². The van der Waals surface area contributed by atoms with Gasteiger partial charge in [-0.05, 0) is 27.2 Å². The highest BCUT2D eigenvalue weighted by Crippen LogP contribution is 2.26. The van der Waals surface area contributed by atoms with Crippen LogP contribution in [0, 0.1) is 0 Å². The normalized spacial score (nSPS) is 26.0. The average Bonchev–Trinajstić information content (AvgIpc) is 2.10. The average molecular weight is 216 g/mol. The molecule has 1 rings (SSSR count). The number of nitrogens with two attached hydrogens (primary N) is 2. The lowest BCUT2D eigenvalue weighted by Gasteiger charge is -2.38. The minimum atomic E-state index is -0.652. The van der Waals surface area contributed by atoms with Gasteiger partial charge in [-0.1, -0.05) is 0 Å². The zero-order valence-electron chi connectivity index (χ0n) is 9.73. The second-order valence-electron chi connectivity index (χ2n) is 4.55. The van der Waals surface area contributed by atoms with Crippen LogP contribution in [0.4, 0.5) is 0 Å². The minimum Gasteiger partial charge on any atom is -0.383 e. The maximum atomic E-state index is 5.62. The van der Waals surface area contributed by atoms with Crippen molar-refractivity contribution in [3.63, 3.8) is 0 Å². The first-order valence-electron chi connectivity index (χ1n) is 5.35. The monoisotopic (exact) mass is 216 g/mol. The van der Waals surface area contributed by atoms with Gasteiger partial charge in [-0.2, -0.15) is 0 Å². The molecule has 1 aliphatic rings. The van der Waals surface area contributed by atoms with Crippen molar-refractivity contribution < 1.29 is 14.0 Å². The fraction of sp³-hybridized carbons (Fsp3) is 1.00. The van der Waals surface area contributed by atoms with Crippen LogP contribution in [0.5, 0.6) is 0 Å². The maximum absolute atomic E-state index is 5.62. The Labute approximate surface area is 91.6 Å². The van der Waals surface area contributed by atoms with Gasteiger partial charge in [-0.3, -0.25) is 0 Å². The predicted octanol–water partition coefficient (Wildman–Crippen LogP) is -0.122. The van der Waals surface area contributed by atoms with E-state index in [0.29, 0.717) is 13.1 Å². The molecular weight excluding hydrogens is 195 g/mol. The van der Waals surface area contributed by atoms with Crippen molar-refractivity contribution in [3.8, 4) is 0 Å². The van der Waals surface area contributed by atoms with Crippen molar-refractivity contribution in [3.05, 3.63) is 0 Å². The predicted molar refractivity (Wildman–Crippen MR) is 59.1 cm³/mol. The molecule has 5 nitrogen and oxygen atoms in total. The molecule has 0 amide bonds. The first-order chi connectivity index (χ1) is 6.96. The number of hydrogen-bond donors (Lipinski definition) is 2. The molecule has 0 aromatic carbocycles. The molecule has 1 unspecified atom stereocenters. The molecule has 0 aliphatic carbocycles. The lowest BCUT2D eigenvalue weighted by atomic mass is 9.94. The van der Waals surface area contributed by atoms with Gasteiger partial charge in [0.05, 0.1) is 11.7 Å². The number of rotatable bonds is 4. The summed E-state index contributed by atoms with van der Waals surface area (Å²) in [7, 11) is -0.652. The fourth-order valence-corrected chi connectivity index (χ4v) is 1.69. The fourth-order valence-electron chi connectivity index (χ4n) is 1.69. The van der Waals surface area contributed by atoms with Gasteiger partial charge in [0.1, 0.15) is 0 Å². The Kier molecular flexibility index (Phi) is 4.54. The first kappa shape index (κ1) is 12.9. The molecule has 0 aromatic heterocycles. The van der Waals surface area contributed by atoms with Crippen molar-refractivity contribution in [2.24, 2.45) is 11.5 Å². The standard InChI is InChI=1S/C9H21BN2O3/c1-7-4-9(2,3)15-10(13-7)14-8(5-11)6-12/h7-8H,4-6,11-12H2,1-3H3. The van der Waals surface area contributed by atoms with Crippen LogP contribution in [-0.4, -0.2) is 38.2 Å². The van der Waals surface area contributed by atoms with E-state index < -0.39 is 7.32 Å². The van der Waals surface area contributed by atoms with E-state index in [9.17, 15) is 0 Å². The van der Waals surface area contributed by atoms with E-state index in [2.05, 4.69) is 0 Å². The molecule has 0 radical (unpaired) electrons. The quantitative estimate of drug-likeness (QED) is 0.640. The van der Waals surface area contributed by atoms with Crippen molar-refractivity contribution in [1.82, 2.24) is 0 Å². The molecule has 0 aromatic rings. The summed E-state index contributed by atoms with van der Waals surface area (Å²) >= 11 is 0. The highest BCUT2D eigenvalue weighted by Gasteiger charge is 2.40. The molecule has 1 saturated heterocycles. The zero-order valence-corrected chi connectivity index (χ0v) is 9.73. The van der Waals surface area contributed by atoms with Gasteiger partial charge in [0.2, 0.25) is 0 Å². The van der Waals surface area contributed by atoms with Crippen molar-refractivity contribution in [2.75, 3.05) is 13.1 Å². The van der Waals surface area contributed by atoms with Crippen LogP contribution in [-0.2, 0) is 14.0 Å². The lowest BCUT2D eigenvalue weighted by Crippen LogP contribution is -2.50. The van der Waals surface area contributed by atoms with Gasteiger partial charge in [0, 0.05) is 19.2 Å². The smallest absolute Gasteiger partial charge is 0.383 e. The molecule has 6 heteroatoms. The summed E-state index contributed by atoms with van der Waals surface area (Å²) in [6.07, 6.45) is 0.758. The molecule has 1 aliphatic heterocycles. The maximum Gasteiger partial charge on any atom is 0.640 e. The second kappa shape index (κ2) is 5.27. The van der Waals surface area contributed by atoms with Crippen LogP contribution in [0.2, 0.25) is 0 Å². The van der Waals surface area contributed by atoms with Crippen LogP contribution in [0.25, 0.3) is 0 Å². The molecule has 88 valence electrons. The molecule has 4 N–H and O–H groups in total. The molecule has 0 spiro atoms. The third-order valence-electron chi connectivity index (χ3n) is 2.37. The van der Waals surface area contributed by atoms with Crippen molar-refractivity contribution in [1.29, 1.82) is 0 Å². The third-order valence-corrected chi connectivity index (χ3v) is 2.37. The summed E-state index contributed by atoms with van der Waals surface area (Å²) in [6, 6.07) is 0. The second-order valence-corrected chi connectivity index (χ2v) is 4.55. The van der Waals surface area contributed by atoms with Crippen molar-refractivity contribution in [2.45, 2.75) is 45.0 Å². The highest BCUT2D eigenvalue weighted by molar-refractivity contribution is 6.36. The lowest BCUT2D eigenvalue weighted by molar-refractivity contribution is -0.0772. The summed E-state index contributed by atoms with van der Waals surface area (Å²) in [5.74, 6) is 0. The molecule has 1 heterocycles. The first-order valence-corrected chi connectivity index (χ1v) is 5.35. The van der Waals surface area contributed by atoms with E-state index in [1.165, 1.54) is 0 Å². The molecule has 1 fully saturated rings. The van der Waals surface area contributed by atoms with E-state index in [1.54, 1.807) is 0 Å². The number of hydrogen-bond acceptors (Lipinski definition) is 5. The van der Waals surface area contributed by atoms with Crippen LogP contribution in [0.1, 0.15) is 27.2 Å². The van der Waals surface area contributed by atoms with Gasteiger partial charge >= 0.3 is 7.32 Å². The molecule has 0 saturated carbocycles. The van der Waals surface area contributed by atoms with Gasteiger partial charge in [-0.15, -0.1) is 0 Å². The molecular formula is C9H21BN2O3. The Morgan fingerprint density at radius 3 is 2.53 bits per heavy atom. The summed E-state index contributed by atoms with van der Waals surface area (Å²) in [5, 5.41) is 0. The van der Waals surface area contributed by atoms with Crippen LogP contribution in [0.3, 0.4) is 0 Å². The summed E-state index contributed by atoms with van der Waals surface area (Å²) in [5.41, 5.74) is 10.7. The van der Waals surface area contributed by atoms with Gasteiger partial charge < -0.3 is 25.4 Å². The van der Waals surface area contributed by atoms with Crippen LogP contribution in [0.15, 0.2) is 0 Å². The summed E-state index contributed by atoms with van der Waals surface area (Å²) in [6.45, 7) is 6.77. The van der Waals surface area contributed by atoms with Gasteiger partial charge in [-0.25, -0.2) is 0 Å². The summed E-state index contributed by atoms with van der Waals surface area (Å²) in [4.78, 5) is 0. The zero-order chi connectivity index (χ0) is 11.5. The SMILES string of the molecule is CC1CC(C)(C)OB(OC(CN)CN)O1. The van der Waals surface area contributed by atoms with E-state index in [-0.39, 0.29) is 17.8 Å². The van der Waals surface area contributed by atoms with E-state index >= 15 is 0 Å². The Hall–Kier alpha value is -0.135. The minimum absolute atomic E-state index is 0.120. The molecule has 15 heavy (non-hydrogen) atoms. The molecule has 1 atom stereocenters. The van der Waals surface area contributed by atoms with Gasteiger partial charge in [0.25, 0.3) is 0 Å².